The molecule has 5 aromatic rings. The Bertz CT molecular complexity index is 1700. The highest BCUT2D eigenvalue weighted by Crippen LogP contribution is 2.30. The molecule has 0 atom stereocenters. The van der Waals surface area contributed by atoms with Crippen molar-refractivity contribution in [3.05, 3.63) is 132 Å². The molecule has 0 radical (unpaired) electrons. The number of rotatable bonds is 7. The van der Waals surface area contributed by atoms with E-state index in [0.29, 0.717) is 17.2 Å². The quantitative estimate of drug-likeness (QED) is 0.268. The molecule has 0 fully saturated rings. The van der Waals surface area contributed by atoms with Crippen LogP contribution in [0.5, 0.6) is 5.75 Å². The molecule has 40 heavy (non-hydrogen) atoms. The maximum absolute atomic E-state index is 13.6. The van der Waals surface area contributed by atoms with Crippen molar-refractivity contribution in [1.29, 1.82) is 0 Å². The Morgan fingerprint density at radius 1 is 0.700 bits per heavy atom. The minimum Gasteiger partial charge on any atom is -0.497 e. The lowest BCUT2D eigenvalue weighted by Crippen LogP contribution is -2.38. The first-order valence-electron chi connectivity index (χ1n) is 12.7. The van der Waals surface area contributed by atoms with E-state index in [9.17, 15) is 4.79 Å². The van der Waals surface area contributed by atoms with E-state index in [4.69, 9.17) is 9.72 Å². The number of aliphatic imine (C=N–C) groups is 1. The monoisotopic (exact) mass is 524 g/mol. The van der Waals surface area contributed by atoms with Crippen molar-refractivity contribution in [3.8, 4) is 28.3 Å². The summed E-state index contributed by atoms with van der Waals surface area (Å²) in [6, 6.07) is 36.4. The summed E-state index contributed by atoms with van der Waals surface area (Å²) < 4.78 is 5.24. The smallest absolute Gasteiger partial charge is 0.297 e. The molecule has 1 aliphatic rings. The number of hydrazine groups is 1. The van der Waals surface area contributed by atoms with E-state index in [2.05, 4.69) is 20.6 Å². The number of carbonyl (C=O) groups is 1. The number of methoxy groups -OCH3 is 1. The van der Waals surface area contributed by atoms with Gasteiger partial charge in [0, 0.05) is 16.7 Å². The topological polar surface area (TPSA) is 92.6 Å². The highest BCUT2D eigenvalue weighted by Gasteiger charge is 2.32. The number of ether oxygens (including phenoxy) is 1. The number of amidine groups is 1. The normalized spacial score (nSPS) is 13.8. The predicted molar refractivity (Wildman–Crippen MR) is 155 cm³/mol. The van der Waals surface area contributed by atoms with E-state index in [1.807, 2.05) is 115 Å². The Morgan fingerprint density at radius 3 is 1.88 bits per heavy atom. The Kier molecular flexibility index (Phi) is 6.79. The molecule has 0 saturated carbocycles. The van der Waals surface area contributed by atoms with Crippen LogP contribution in [-0.4, -0.2) is 39.0 Å². The van der Waals surface area contributed by atoms with Crippen LogP contribution in [0.2, 0.25) is 0 Å². The van der Waals surface area contributed by atoms with E-state index in [0.717, 1.165) is 28.0 Å². The van der Waals surface area contributed by atoms with Crippen molar-refractivity contribution in [3.63, 3.8) is 0 Å². The van der Waals surface area contributed by atoms with Crippen LogP contribution in [-0.2, 0) is 4.79 Å². The van der Waals surface area contributed by atoms with Gasteiger partial charge in [-0.05, 0) is 23.8 Å². The largest absolute Gasteiger partial charge is 0.497 e. The molecule has 0 saturated heterocycles. The van der Waals surface area contributed by atoms with Crippen LogP contribution in [0.15, 0.2) is 126 Å². The molecule has 6 rings (SSSR count). The summed E-state index contributed by atoms with van der Waals surface area (Å²) in [7, 11) is 1.61. The lowest BCUT2D eigenvalue weighted by molar-refractivity contribution is -0.121. The van der Waals surface area contributed by atoms with Crippen LogP contribution in [0.1, 0.15) is 11.1 Å². The Morgan fingerprint density at radius 2 is 1.27 bits per heavy atom. The second kappa shape index (κ2) is 11.0. The van der Waals surface area contributed by atoms with Gasteiger partial charge in [0.25, 0.3) is 11.9 Å². The van der Waals surface area contributed by atoms with Gasteiger partial charge < -0.3 is 4.74 Å². The maximum atomic E-state index is 13.6. The number of nitrogens with one attached hydrogen (secondary N) is 1. The number of aromatic nitrogens is 3. The van der Waals surface area contributed by atoms with Crippen molar-refractivity contribution < 1.29 is 9.53 Å². The zero-order chi connectivity index (χ0) is 27.3. The molecule has 2 heterocycles. The molecule has 1 amide bonds. The molecule has 1 N–H and O–H groups in total. The Balaban J connectivity index is 1.39. The SMILES string of the molecule is COc1ccc(/C=C2\N=C(c3ccccc3)N(Nc3nnc(-c4ccccc4)c(-c4ccccc4)n3)C2=O)cc1. The first-order valence-corrected chi connectivity index (χ1v) is 12.7. The molecule has 0 bridgehead atoms. The molecular weight excluding hydrogens is 500 g/mol. The third kappa shape index (κ3) is 5.06. The molecule has 1 aromatic heterocycles. The standard InChI is InChI=1S/C32H24N6O2/c1-40-26-19-17-22(18-20-26)21-27-31(39)38(30(33-27)25-15-9-4-10-16-25)37-32-34-28(23-11-5-2-6-12-23)29(35-36-32)24-13-7-3-8-14-24/h2-21H,1H3,(H,34,36,37)/b27-21-. The summed E-state index contributed by atoms with van der Waals surface area (Å²) in [6.45, 7) is 0. The molecule has 8 heteroatoms. The fourth-order valence-electron chi connectivity index (χ4n) is 4.32. The number of carbonyl (C=O) groups excluding carboxylic acids is 1. The van der Waals surface area contributed by atoms with Crippen LogP contribution >= 0.6 is 0 Å². The van der Waals surface area contributed by atoms with Gasteiger partial charge in [-0.25, -0.2) is 9.98 Å². The first-order chi connectivity index (χ1) is 19.7. The van der Waals surface area contributed by atoms with Crippen LogP contribution in [0.3, 0.4) is 0 Å². The molecule has 0 spiro atoms. The number of nitrogens with zero attached hydrogens (tertiary/aromatic N) is 5. The number of anilines is 1. The van der Waals surface area contributed by atoms with Gasteiger partial charge in [-0.2, -0.15) is 5.01 Å². The fraction of sp³-hybridized carbons (Fsp3) is 0.0312. The van der Waals surface area contributed by atoms with Gasteiger partial charge in [-0.15, -0.1) is 10.2 Å². The summed E-state index contributed by atoms with van der Waals surface area (Å²) in [5, 5.41) is 10.2. The average Bonchev–Trinajstić information content (AvgIpc) is 3.33. The second-order valence-electron chi connectivity index (χ2n) is 8.92. The van der Waals surface area contributed by atoms with Gasteiger partial charge in [0.1, 0.15) is 22.8 Å². The van der Waals surface area contributed by atoms with Gasteiger partial charge in [0.15, 0.2) is 5.84 Å². The lowest BCUT2D eigenvalue weighted by Gasteiger charge is -2.19. The Hall–Kier alpha value is -5.63. The highest BCUT2D eigenvalue weighted by molar-refractivity contribution is 6.20. The fourth-order valence-corrected chi connectivity index (χ4v) is 4.32. The first kappa shape index (κ1) is 24.7. The third-order valence-corrected chi connectivity index (χ3v) is 6.30. The molecule has 0 unspecified atom stereocenters. The van der Waals surface area contributed by atoms with Crippen LogP contribution in [0.4, 0.5) is 5.95 Å². The van der Waals surface area contributed by atoms with Gasteiger partial charge in [0.2, 0.25) is 0 Å². The highest BCUT2D eigenvalue weighted by atomic mass is 16.5. The maximum Gasteiger partial charge on any atom is 0.297 e. The minimum absolute atomic E-state index is 0.168. The molecule has 194 valence electrons. The summed E-state index contributed by atoms with van der Waals surface area (Å²) in [5.41, 5.74) is 7.97. The number of hydrogen-bond acceptors (Lipinski definition) is 7. The molecule has 0 aliphatic carbocycles. The predicted octanol–water partition coefficient (Wildman–Crippen LogP) is 5.87. The summed E-state index contributed by atoms with van der Waals surface area (Å²) in [4.78, 5) is 23.1. The molecule has 1 aliphatic heterocycles. The summed E-state index contributed by atoms with van der Waals surface area (Å²) >= 11 is 0. The molecular formula is C32H24N6O2. The van der Waals surface area contributed by atoms with Gasteiger partial charge in [-0.1, -0.05) is 103 Å². The zero-order valence-corrected chi connectivity index (χ0v) is 21.6. The molecule has 8 nitrogen and oxygen atoms in total. The van der Waals surface area contributed by atoms with E-state index in [1.165, 1.54) is 5.01 Å². The summed E-state index contributed by atoms with van der Waals surface area (Å²) in [6.07, 6.45) is 1.74. The van der Waals surface area contributed by atoms with Crippen LogP contribution in [0.25, 0.3) is 28.6 Å². The van der Waals surface area contributed by atoms with Gasteiger partial charge >= 0.3 is 0 Å². The Labute approximate surface area is 231 Å². The number of benzene rings is 4. The minimum atomic E-state index is -0.341. The van der Waals surface area contributed by atoms with E-state index in [-0.39, 0.29) is 17.6 Å². The van der Waals surface area contributed by atoms with Crippen molar-refractivity contribution in [2.45, 2.75) is 0 Å². The number of amides is 1. The van der Waals surface area contributed by atoms with Crippen molar-refractivity contribution in [2.24, 2.45) is 4.99 Å². The summed E-state index contributed by atoms with van der Waals surface area (Å²) in [5.74, 6) is 0.990. The van der Waals surface area contributed by atoms with Crippen molar-refractivity contribution in [2.75, 3.05) is 12.5 Å². The van der Waals surface area contributed by atoms with Gasteiger partial charge in [-0.3, -0.25) is 10.2 Å². The average molecular weight is 525 g/mol. The van der Waals surface area contributed by atoms with Crippen LogP contribution in [0, 0.1) is 0 Å². The van der Waals surface area contributed by atoms with Crippen molar-refractivity contribution >= 4 is 23.8 Å². The van der Waals surface area contributed by atoms with Crippen LogP contribution < -0.4 is 10.2 Å². The second-order valence-corrected chi connectivity index (χ2v) is 8.92. The lowest BCUT2D eigenvalue weighted by atomic mass is 10.0. The van der Waals surface area contributed by atoms with E-state index >= 15 is 0 Å². The van der Waals surface area contributed by atoms with E-state index in [1.54, 1.807) is 13.2 Å². The molecule has 4 aromatic carbocycles. The van der Waals surface area contributed by atoms with E-state index < -0.39 is 0 Å². The van der Waals surface area contributed by atoms with Crippen molar-refractivity contribution in [1.82, 2.24) is 20.2 Å². The third-order valence-electron chi connectivity index (χ3n) is 6.30. The zero-order valence-electron chi connectivity index (χ0n) is 21.6. The van der Waals surface area contributed by atoms with Gasteiger partial charge in [0.05, 0.1) is 7.11 Å². The number of hydrogen-bond donors (Lipinski definition) is 1.